The lowest BCUT2D eigenvalue weighted by Gasteiger charge is -2.26. The highest BCUT2D eigenvalue weighted by atomic mass is 19.1. The minimum Gasteiger partial charge on any atom is -0.490 e. The molecule has 0 aliphatic heterocycles. The molecule has 1 rings (SSSR count). The van der Waals surface area contributed by atoms with Crippen molar-refractivity contribution in [3.63, 3.8) is 0 Å². The van der Waals surface area contributed by atoms with E-state index >= 15 is 0 Å². The van der Waals surface area contributed by atoms with Crippen LogP contribution in [0, 0.1) is 15.9 Å². The summed E-state index contributed by atoms with van der Waals surface area (Å²) in [5, 5.41) is 13.4. The Morgan fingerprint density at radius 2 is 2.24 bits per heavy atom. The average Bonchev–Trinajstić information content (AvgIpc) is 2.40. The topological polar surface area (TPSA) is 107 Å². The van der Waals surface area contributed by atoms with Crippen LogP contribution in [0.3, 0.4) is 0 Å². The van der Waals surface area contributed by atoms with E-state index in [9.17, 15) is 19.3 Å². The maximum absolute atomic E-state index is 13.6. The first-order chi connectivity index (χ1) is 9.80. The van der Waals surface area contributed by atoms with Gasteiger partial charge < -0.3 is 15.8 Å². The molecule has 21 heavy (non-hydrogen) atoms. The lowest BCUT2D eigenvalue weighted by atomic mass is 9.97. The molecular weight excluding hydrogens is 281 g/mol. The summed E-state index contributed by atoms with van der Waals surface area (Å²) in [4.78, 5) is 21.2. The number of non-ortho nitro benzene ring substituents is 1. The van der Waals surface area contributed by atoms with E-state index in [1.54, 1.807) is 6.92 Å². The third-order valence-corrected chi connectivity index (χ3v) is 3.10. The summed E-state index contributed by atoms with van der Waals surface area (Å²) in [5.74, 6) is -1.46. The zero-order chi connectivity index (χ0) is 16.0. The lowest BCUT2D eigenvalue weighted by molar-refractivity contribution is -0.385. The van der Waals surface area contributed by atoms with Crippen LogP contribution >= 0.6 is 0 Å². The fraction of sp³-hybridized carbons (Fsp3) is 0.462. The quantitative estimate of drug-likeness (QED) is 0.556. The van der Waals surface area contributed by atoms with Crippen LogP contribution in [0.4, 0.5) is 10.1 Å². The van der Waals surface area contributed by atoms with Gasteiger partial charge in [-0.05, 0) is 19.5 Å². The van der Waals surface area contributed by atoms with E-state index < -0.39 is 22.2 Å². The molecule has 0 fully saturated rings. The van der Waals surface area contributed by atoms with E-state index in [2.05, 4.69) is 5.32 Å². The fourth-order valence-electron chi connectivity index (χ4n) is 1.77. The lowest BCUT2D eigenvalue weighted by Crippen LogP contribution is -2.53. The zero-order valence-electron chi connectivity index (χ0n) is 11.9. The van der Waals surface area contributed by atoms with E-state index in [0.717, 1.165) is 12.1 Å². The standard InChI is InChI=1S/C13H18FN3O4/c1-3-16-13(2,12(15)18)6-7-21-11-5-4-9(17(19)20)8-10(11)14/h4-5,8,16H,3,6-7H2,1-2H3,(H2,15,18). The van der Waals surface area contributed by atoms with Crippen LogP contribution in [-0.2, 0) is 4.79 Å². The van der Waals surface area contributed by atoms with Gasteiger partial charge in [-0.3, -0.25) is 14.9 Å². The molecule has 0 heterocycles. The first-order valence-electron chi connectivity index (χ1n) is 6.42. The molecule has 0 aromatic heterocycles. The van der Waals surface area contributed by atoms with E-state index in [4.69, 9.17) is 10.5 Å². The number of nitro benzene ring substituents is 1. The van der Waals surface area contributed by atoms with E-state index in [1.807, 2.05) is 6.92 Å². The molecule has 3 N–H and O–H groups in total. The molecule has 0 saturated carbocycles. The predicted octanol–water partition coefficient (Wildman–Crippen LogP) is 1.36. The summed E-state index contributed by atoms with van der Waals surface area (Å²) in [6, 6.07) is 3.12. The molecule has 1 aromatic carbocycles. The van der Waals surface area contributed by atoms with Gasteiger partial charge in [0.25, 0.3) is 5.69 Å². The second-order valence-electron chi connectivity index (χ2n) is 4.70. The number of nitro groups is 1. The number of carbonyl (C=O) groups is 1. The molecule has 7 nitrogen and oxygen atoms in total. The zero-order valence-corrected chi connectivity index (χ0v) is 11.9. The Kier molecular flexibility index (Phi) is 5.60. The number of benzene rings is 1. The number of nitrogens with zero attached hydrogens (tertiary/aromatic N) is 1. The molecular formula is C13H18FN3O4. The Balaban J connectivity index is 2.67. The summed E-state index contributed by atoms with van der Waals surface area (Å²) in [6.45, 7) is 4.05. The van der Waals surface area contributed by atoms with Crippen molar-refractivity contribution in [3.05, 3.63) is 34.1 Å². The second kappa shape index (κ2) is 6.98. The normalized spacial score (nSPS) is 13.5. The van der Waals surface area contributed by atoms with Crippen LogP contribution in [0.1, 0.15) is 20.3 Å². The largest absolute Gasteiger partial charge is 0.490 e. The molecule has 8 heteroatoms. The van der Waals surface area contributed by atoms with Gasteiger partial charge in [0, 0.05) is 12.5 Å². The number of rotatable bonds is 8. The molecule has 116 valence electrons. The Labute approximate surface area is 121 Å². The van der Waals surface area contributed by atoms with Gasteiger partial charge in [-0.25, -0.2) is 4.39 Å². The molecule has 0 aliphatic rings. The van der Waals surface area contributed by atoms with E-state index in [1.165, 1.54) is 6.07 Å². The number of ether oxygens (including phenoxy) is 1. The van der Waals surface area contributed by atoms with Crippen LogP contribution < -0.4 is 15.8 Å². The highest BCUT2D eigenvalue weighted by molar-refractivity contribution is 5.84. The van der Waals surface area contributed by atoms with Gasteiger partial charge in [0.2, 0.25) is 5.91 Å². The number of hydrogen-bond acceptors (Lipinski definition) is 5. The van der Waals surface area contributed by atoms with Crippen molar-refractivity contribution < 1.29 is 18.8 Å². The van der Waals surface area contributed by atoms with Gasteiger partial charge >= 0.3 is 0 Å². The summed E-state index contributed by atoms with van der Waals surface area (Å²) >= 11 is 0. The monoisotopic (exact) mass is 299 g/mol. The average molecular weight is 299 g/mol. The first-order valence-corrected chi connectivity index (χ1v) is 6.42. The number of nitrogens with one attached hydrogen (secondary N) is 1. The minimum atomic E-state index is -0.952. The third kappa shape index (κ3) is 4.38. The molecule has 0 bridgehead atoms. The van der Waals surface area contributed by atoms with E-state index in [0.29, 0.717) is 6.54 Å². The van der Waals surface area contributed by atoms with Crippen molar-refractivity contribution in [1.29, 1.82) is 0 Å². The van der Waals surface area contributed by atoms with Crippen molar-refractivity contribution in [2.45, 2.75) is 25.8 Å². The van der Waals surface area contributed by atoms with Gasteiger partial charge in [-0.1, -0.05) is 6.92 Å². The Bertz CT molecular complexity index is 538. The van der Waals surface area contributed by atoms with Crippen LogP contribution in [0.25, 0.3) is 0 Å². The van der Waals surface area contributed by atoms with Crippen molar-refractivity contribution in [2.24, 2.45) is 5.73 Å². The Morgan fingerprint density at radius 3 is 2.71 bits per heavy atom. The molecule has 1 unspecified atom stereocenters. The molecule has 0 radical (unpaired) electrons. The predicted molar refractivity (Wildman–Crippen MR) is 74.4 cm³/mol. The molecule has 0 aliphatic carbocycles. The summed E-state index contributed by atoms with van der Waals surface area (Å²) in [6.07, 6.45) is 0.243. The number of carbonyl (C=O) groups excluding carboxylic acids is 1. The SMILES string of the molecule is CCNC(C)(CCOc1ccc([N+](=O)[O-])cc1F)C(N)=O. The van der Waals surface area contributed by atoms with Crippen LogP contribution in [0.15, 0.2) is 18.2 Å². The summed E-state index contributed by atoms with van der Waals surface area (Å²) in [7, 11) is 0. The first kappa shape index (κ1) is 16.8. The van der Waals surface area contributed by atoms with Gasteiger partial charge in [0.05, 0.1) is 23.1 Å². The molecule has 1 aromatic rings. The van der Waals surface area contributed by atoms with Crippen molar-refractivity contribution in [3.8, 4) is 5.75 Å². The Hall–Kier alpha value is -2.22. The fourth-order valence-corrected chi connectivity index (χ4v) is 1.77. The maximum Gasteiger partial charge on any atom is 0.272 e. The minimum absolute atomic E-state index is 0.0428. The molecule has 0 spiro atoms. The third-order valence-electron chi connectivity index (χ3n) is 3.10. The molecule has 0 saturated heterocycles. The highest BCUT2D eigenvalue weighted by Gasteiger charge is 2.29. The van der Waals surface area contributed by atoms with Crippen LogP contribution in [-0.4, -0.2) is 29.5 Å². The molecule has 1 atom stereocenters. The highest BCUT2D eigenvalue weighted by Crippen LogP contribution is 2.23. The van der Waals surface area contributed by atoms with Gasteiger partial charge in [-0.2, -0.15) is 0 Å². The number of primary amides is 1. The number of hydrogen-bond donors (Lipinski definition) is 2. The van der Waals surface area contributed by atoms with Gasteiger partial charge in [0.15, 0.2) is 11.6 Å². The second-order valence-corrected chi connectivity index (χ2v) is 4.70. The van der Waals surface area contributed by atoms with Crippen molar-refractivity contribution in [1.82, 2.24) is 5.32 Å². The van der Waals surface area contributed by atoms with Gasteiger partial charge in [-0.15, -0.1) is 0 Å². The van der Waals surface area contributed by atoms with Crippen LogP contribution in [0.2, 0.25) is 0 Å². The van der Waals surface area contributed by atoms with E-state index in [-0.39, 0.29) is 24.5 Å². The summed E-state index contributed by atoms with van der Waals surface area (Å²) in [5.41, 5.74) is 4.01. The Morgan fingerprint density at radius 1 is 1.57 bits per heavy atom. The van der Waals surface area contributed by atoms with Crippen molar-refractivity contribution >= 4 is 11.6 Å². The van der Waals surface area contributed by atoms with Crippen molar-refractivity contribution in [2.75, 3.05) is 13.2 Å². The maximum atomic E-state index is 13.6. The number of likely N-dealkylation sites (N-methyl/N-ethyl adjacent to an activating group) is 1. The number of nitrogens with two attached hydrogens (primary N) is 1. The van der Waals surface area contributed by atoms with Crippen LogP contribution in [0.5, 0.6) is 5.75 Å². The number of halogens is 1. The van der Waals surface area contributed by atoms with Gasteiger partial charge in [0.1, 0.15) is 0 Å². The molecule has 1 amide bonds. The summed E-state index contributed by atoms with van der Waals surface area (Å²) < 4.78 is 18.8. The smallest absolute Gasteiger partial charge is 0.272 e. The number of amides is 1.